The Morgan fingerprint density at radius 2 is 2.11 bits per heavy atom. The summed E-state index contributed by atoms with van der Waals surface area (Å²) in [6, 6.07) is 1.53. The van der Waals surface area contributed by atoms with Gasteiger partial charge in [-0.05, 0) is 19.4 Å². The fourth-order valence-corrected chi connectivity index (χ4v) is 1.35. The highest BCUT2D eigenvalue weighted by molar-refractivity contribution is 5.95. The normalized spacial score (nSPS) is 10.8. The van der Waals surface area contributed by atoms with Crippen molar-refractivity contribution in [2.24, 2.45) is 5.73 Å². The van der Waals surface area contributed by atoms with Gasteiger partial charge in [-0.3, -0.25) is 4.79 Å². The Hall–Kier alpha value is -1.34. The fraction of sp³-hybridized carbons (Fsp3) is 0.545. The number of hydrogen-bond acceptors (Lipinski definition) is 4. The Labute approximate surface area is 116 Å². The summed E-state index contributed by atoms with van der Waals surface area (Å²) in [5.74, 6) is -3.68. The van der Waals surface area contributed by atoms with Crippen LogP contribution in [0.1, 0.15) is 28.7 Å². The van der Waals surface area contributed by atoms with Gasteiger partial charge in [-0.2, -0.15) is 10.2 Å². The van der Waals surface area contributed by atoms with E-state index in [2.05, 4.69) is 15.5 Å². The van der Waals surface area contributed by atoms with Gasteiger partial charge in [-0.15, -0.1) is 12.4 Å². The number of nitrogens with zero attached hydrogens (tertiary/aromatic N) is 2. The predicted octanol–water partition coefficient (Wildman–Crippen LogP) is 1.09. The second kappa shape index (κ2) is 7.30. The summed E-state index contributed by atoms with van der Waals surface area (Å²) in [6.07, 6.45) is 0.503. The van der Waals surface area contributed by atoms with Crippen molar-refractivity contribution in [2.75, 3.05) is 13.1 Å². The van der Waals surface area contributed by atoms with Crippen molar-refractivity contribution >= 4 is 18.3 Å². The standard InChI is InChI=1S/C11H16F2N4O.ClH/c1-3-9-8(4-7(2)16-17-9)10(18)15-6-11(12,13)5-14;/h4H,3,5-6,14H2,1-2H3,(H,15,18);1H. The third-order valence-corrected chi connectivity index (χ3v) is 2.38. The minimum atomic E-state index is -3.10. The molecule has 8 heteroatoms. The molecule has 1 aromatic rings. The lowest BCUT2D eigenvalue weighted by Gasteiger charge is -2.15. The van der Waals surface area contributed by atoms with E-state index in [4.69, 9.17) is 5.73 Å². The van der Waals surface area contributed by atoms with E-state index in [1.165, 1.54) is 6.07 Å². The number of alkyl halides is 2. The zero-order valence-electron chi connectivity index (χ0n) is 10.7. The van der Waals surface area contributed by atoms with Crippen molar-refractivity contribution in [2.45, 2.75) is 26.2 Å². The fourth-order valence-electron chi connectivity index (χ4n) is 1.35. The van der Waals surface area contributed by atoms with E-state index in [0.29, 0.717) is 17.8 Å². The van der Waals surface area contributed by atoms with Crippen molar-refractivity contribution in [1.82, 2.24) is 15.5 Å². The second-order valence-electron chi connectivity index (χ2n) is 3.94. The van der Waals surface area contributed by atoms with Crippen molar-refractivity contribution in [3.63, 3.8) is 0 Å². The molecule has 1 aromatic heterocycles. The molecule has 0 aliphatic heterocycles. The lowest BCUT2D eigenvalue weighted by atomic mass is 10.1. The first-order valence-electron chi connectivity index (χ1n) is 5.59. The van der Waals surface area contributed by atoms with Crippen molar-refractivity contribution < 1.29 is 13.6 Å². The van der Waals surface area contributed by atoms with Gasteiger partial charge in [0.1, 0.15) is 0 Å². The third kappa shape index (κ3) is 5.04. The number of aryl methyl sites for hydroxylation is 2. The summed E-state index contributed by atoms with van der Waals surface area (Å²) < 4.78 is 25.8. The van der Waals surface area contributed by atoms with Gasteiger partial charge in [0.2, 0.25) is 0 Å². The number of nitrogens with two attached hydrogens (primary N) is 1. The van der Waals surface area contributed by atoms with Gasteiger partial charge >= 0.3 is 0 Å². The summed E-state index contributed by atoms with van der Waals surface area (Å²) in [5.41, 5.74) is 6.20. The smallest absolute Gasteiger partial charge is 0.277 e. The van der Waals surface area contributed by atoms with E-state index in [1.807, 2.05) is 6.92 Å². The SMILES string of the molecule is CCc1nnc(C)cc1C(=O)NCC(F)(F)CN.Cl. The van der Waals surface area contributed by atoms with Crippen LogP contribution in [0.5, 0.6) is 0 Å². The average molecular weight is 295 g/mol. The van der Waals surface area contributed by atoms with E-state index in [0.717, 1.165) is 0 Å². The van der Waals surface area contributed by atoms with E-state index in [9.17, 15) is 13.6 Å². The van der Waals surface area contributed by atoms with Crippen molar-refractivity contribution in [3.8, 4) is 0 Å². The molecule has 3 N–H and O–H groups in total. The molecule has 0 saturated carbocycles. The highest BCUT2D eigenvalue weighted by Crippen LogP contribution is 2.11. The molecule has 0 spiro atoms. The van der Waals surface area contributed by atoms with Crippen LogP contribution >= 0.6 is 12.4 Å². The summed E-state index contributed by atoms with van der Waals surface area (Å²) in [7, 11) is 0. The lowest BCUT2D eigenvalue weighted by molar-refractivity contribution is 0.0118. The van der Waals surface area contributed by atoms with Crippen LogP contribution in [-0.4, -0.2) is 35.1 Å². The second-order valence-corrected chi connectivity index (χ2v) is 3.94. The van der Waals surface area contributed by atoms with Gasteiger partial charge in [0.05, 0.1) is 30.0 Å². The molecule has 1 amide bonds. The Morgan fingerprint density at radius 3 is 2.63 bits per heavy atom. The Kier molecular flexibility index (Phi) is 6.78. The van der Waals surface area contributed by atoms with Crippen LogP contribution in [0.3, 0.4) is 0 Å². The topological polar surface area (TPSA) is 80.9 Å². The summed E-state index contributed by atoms with van der Waals surface area (Å²) in [6.45, 7) is 1.90. The summed E-state index contributed by atoms with van der Waals surface area (Å²) in [4.78, 5) is 11.8. The number of carbonyl (C=O) groups is 1. The first kappa shape index (κ1) is 17.7. The zero-order valence-corrected chi connectivity index (χ0v) is 11.6. The van der Waals surface area contributed by atoms with Gasteiger partial charge in [-0.25, -0.2) is 8.78 Å². The third-order valence-electron chi connectivity index (χ3n) is 2.38. The lowest BCUT2D eigenvalue weighted by Crippen LogP contribution is -2.41. The summed E-state index contributed by atoms with van der Waals surface area (Å²) in [5, 5.41) is 9.83. The molecule has 0 radical (unpaired) electrons. The highest BCUT2D eigenvalue weighted by atomic mass is 35.5. The number of hydrogen-bond donors (Lipinski definition) is 2. The van der Waals surface area contributed by atoms with Crippen LogP contribution in [0.25, 0.3) is 0 Å². The van der Waals surface area contributed by atoms with Gasteiger partial charge < -0.3 is 11.1 Å². The molecule has 0 unspecified atom stereocenters. The molecule has 0 atom stereocenters. The molecule has 1 heterocycles. The minimum Gasteiger partial charge on any atom is -0.346 e. The first-order chi connectivity index (χ1) is 8.39. The molecular weight excluding hydrogens is 278 g/mol. The molecular formula is C11H17ClF2N4O. The molecule has 0 aromatic carbocycles. The Morgan fingerprint density at radius 1 is 1.47 bits per heavy atom. The van der Waals surface area contributed by atoms with Crippen LogP contribution in [0.4, 0.5) is 8.78 Å². The van der Waals surface area contributed by atoms with Gasteiger partial charge in [0, 0.05) is 0 Å². The maximum atomic E-state index is 12.9. The number of aromatic nitrogens is 2. The molecule has 0 bridgehead atoms. The average Bonchev–Trinajstić information content (AvgIpc) is 2.36. The number of halogens is 3. The van der Waals surface area contributed by atoms with E-state index in [1.54, 1.807) is 6.92 Å². The van der Waals surface area contributed by atoms with E-state index >= 15 is 0 Å². The molecule has 0 aliphatic rings. The quantitative estimate of drug-likeness (QED) is 0.852. The maximum absolute atomic E-state index is 12.9. The van der Waals surface area contributed by atoms with Crippen LogP contribution in [0, 0.1) is 6.92 Å². The number of amides is 1. The number of rotatable bonds is 5. The van der Waals surface area contributed by atoms with E-state index in [-0.39, 0.29) is 18.0 Å². The van der Waals surface area contributed by atoms with Gasteiger partial charge in [0.15, 0.2) is 0 Å². The van der Waals surface area contributed by atoms with Crippen molar-refractivity contribution in [1.29, 1.82) is 0 Å². The molecule has 0 fully saturated rings. The van der Waals surface area contributed by atoms with Crippen molar-refractivity contribution in [3.05, 3.63) is 23.0 Å². The molecule has 0 aliphatic carbocycles. The molecule has 5 nitrogen and oxygen atoms in total. The first-order valence-corrected chi connectivity index (χ1v) is 5.59. The highest BCUT2D eigenvalue weighted by Gasteiger charge is 2.27. The number of nitrogens with one attached hydrogen (secondary N) is 1. The van der Waals surface area contributed by atoms with E-state index < -0.39 is 24.9 Å². The summed E-state index contributed by atoms with van der Waals surface area (Å²) >= 11 is 0. The van der Waals surface area contributed by atoms with Crippen LogP contribution in [-0.2, 0) is 6.42 Å². The zero-order chi connectivity index (χ0) is 13.8. The predicted molar refractivity (Wildman–Crippen MR) is 69.7 cm³/mol. The molecule has 0 saturated heterocycles. The monoisotopic (exact) mass is 294 g/mol. The van der Waals surface area contributed by atoms with Gasteiger partial charge in [-0.1, -0.05) is 6.92 Å². The minimum absolute atomic E-state index is 0. The maximum Gasteiger partial charge on any atom is 0.277 e. The van der Waals surface area contributed by atoms with Crippen LogP contribution < -0.4 is 11.1 Å². The van der Waals surface area contributed by atoms with Crippen LogP contribution in [0.2, 0.25) is 0 Å². The molecule has 1 rings (SSSR count). The molecule has 108 valence electrons. The largest absolute Gasteiger partial charge is 0.346 e. The Balaban J connectivity index is 0.00000324. The Bertz CT molecular complexity index is 443. The van der Waals surface area contributed by atoms with Gasteiger partial charge in [0.25, 0.3) is 11.8 Å². The molecule has 19 heavy (non-hydrogen) atoms. The van der Waals surface area contributed by atoms with Crippen LogP contribution in [0.15, 0.2) is 6.07 Å². The number of carbonyl (C=O) groups excluding carboxylic acids is 1.